The quantitative estimate of drug-likeness (QED) is 0.189. The third kappa shape index (κ3) is 4.13. The van der Waals surface area contributed by atoms with E-state index in [2.05, 4.69) is 159 Å². The molecule has 1 atom stereocenters. The zero-order valence-electron chi connectivity index (χ0n) is 26.6. The molecule has 0 N–H and O–H groups in total. The van der Waals surface area contributed by atoms with Crippen molar-refractivity contribution >= 4 is 53.2 Å². The highest BCUT2D eigenvalue weighted by Gasteiger charge is 2.33. The lowest BCUT2D eigenvalue weighted by Crippen LogP contribution is -2.16. The normalized spacial score (nSPS) is 14.1. The Labute approximate surface area is 283 Å². The van der Waals surface area contributed by atoms with Crippen molar-refractivity contribution in [1.82, 2.24) is 4.98 Å². The van der Waals surface area contributed by atoms with Gasteiger partial charge in [0.15, 0.2) is 0 Å². The minimum atomic E-state index is 0.126. The average molecular weight is 630 g/mol. The van der Waals surface area contributed by atoms with Crippen molar-refractivity contribution in [3.63, 3.8) is 0 Å². The second-order valence-electron chi connectivity index (χ2n) is 13.0. The van der Waals surface area contributed by atoms with E-state index in [-0.39, 0.29) is 5.92 Å². The second-order valence-corrected chi connectivity index (χ2v) is 14.1. The molecule has 0 radical (unpaired) electrons. The van der Waals surface area contributed by atoms with Crippen LogP contribution in [0.2, 0.25) is 0 Å². The smallest absolute Gasteiger partial charge is 0.0756 e. The molecule has 226 valence electrons. The van der Waals surface area contributed by atoms with E-state index in [0.29, 0.717) is 0 Å². The molecule has 10 rings (SSSR count). The highest BCUT2D eigenvalue weighted by atomic mass is 32.1. The number of nitrogens with zero attached hydrogens (tertiary/aromatic N) is 1. The Morgan fingerprint density at radius 2 is 1.23 bits per heavy atom. The summed E-state index contributed by atoms with van der Waals surface area (Å²) in [6, 6.07) is 55.7. The van der Waals surface area contributed by atoms with Crippen LogP contribution >= 0.6 is 11.3 Å². The van der Waals surface area contributed by atoms with Crippen molar-refractivity contribution in [2.45, 2.75) is 19.3 Å². The van der Waals surface area contributed by atoms with E-state index < -0.39 is 0 Å². The molecule has 0 spiro atoms. The summed E-state index contributed by atoms with van der Waals surface area (Å²) in [5, 5.41) is 6.54. The van der Waals surface area contributed by atoms with Crippen molar-refractivity contribution in [1.29, 1.82) is 0 Å². The van der Waals surface area contributed by atoms with E-state index in [1.165, 1.54) is 86.4 Å². The summed E-state index contributed by atoms with van der Waals surface area (Å²) in [4.78, 5) is 5.56. The number of rotatable bonds is 3. The number of aryl methyl sites for hydroxylation is 1. The van der Waals surface area contributed by atoms with Gasteiger partial charge in [-0.3, -0.25) is 0 Å². The molecule has 0 saturated carbocycles. The first-order valence-electron chi connectivity index (χ1n) is 16.7. The lowest BCUT2D eigenvalue weighted by molar-refractivity contribution is 0.795. The SMILES string of the molecule is Cc1c([C@H]2Cc3cc4sc5ccccc5c4cc3-c3ccc4ccccc4c32)c(-c2ccccc2-c2ccccc2)nc2ccccc12. The summed E-state index contributed by atoms with van der Waals surface area (Å²) in [5.41, 5.74) is 13.9. The number of hydrogen-bond acceptors (Lipinski definition) is 2. The first-order valence-corrected chi connectivity index (χ1v) is 17.5. The van der Waals surface area contributed by atoms with Crippen LogP contribution < -0.4 is 0 Å². The van der Waals surface area contributed by atoms with Crippen molar-refractivity contribution in [2.24, 2.45) is 0 Å². The number of benzene rings is 7. The molecule has 0 amide bonds. The van der Waals surface area contributed by atoms with Crippen LogP contribution in [0.25, 0.3) is 75.4 Å². The highest BCUT2D eigenvalue weighted by Crippen LogP contribution is 2.51. The minimum absolute atomic E-state index is 0.126. The minimum Gasteiger partial charge on any atom is -0.247 e. The van der Waals surface area contributed by atoms with Crippen molar-refractivity contribution < 1.29 is 0 Å². The van der Waals surface area contributed by atoms with E-state index in [0.717, 1.165) is 17.6 Å². The van der Waals surface area contributed by atoms with E-state index >= 15 is 0 Å². The monoisotopic (exact) mass is 629 g/mol. The molecule has 0 unspecified atom stereocenters. The van der Waals surface area contributed by atoms with Crippen LogP contribution in [0.1, 0.15) is 28.2 Å². The molecule has 2 heterocycles. The molecule has 2 aromatic heterocycles. The van der Waals surface area contributed by atoms with Crippen molar-refractivity contribution in [2.75, 3.05) is 0 Å². The fraction of sp³-hybridized carbons (Fsp3) is 0.0652. The van der Waals surface area contributed by atoms with Gasteiger partial charge in [-0.05, 0) is 92.9 Å². The van der Waals surface area contributed by atoms with Gasteiger partial charge < -0.3 is 0 Å². The van der Waals surface area contributed by atoms with Gasteiger partial charge in [0.05, 0.1) is 11.2 Å². The maximum absolute atomic E-state index is 5.56. The fourth-order valence-electron chi connectivity index (χ4n) is 8.29. The molecule has 1 aliphatic rings. The van der Waals surface area contributed by atoms with Crippen molar-refractivity contribution in [3.05, 3.63) is 174 Å². The van der Waals surface area contributed by atoms with E-state index in [9.17, 15) is 0 Å². The van der Waals surface area contributed by atoms with Gasteiger partial charge in [-0.15, -0.1) is 11.3 Å². The molecule has 48 heavy (non-hydrogen) atoms. The lowest BCUT2D eigenvalue weighted by Gasteiger charge is -2.32. The van der Waals surface area contributed by atoms with E-state index in [1.54, 1.807) is 0 Å². The number of aromatic nitrogens is 1. The van der Waals surface area contributed by atoms with Crippen LogP contribution in [0.3, 0.4) is 0 Å². The van der Waals surface area contributed by atoms with Gasteiger partial charge in [-0.25, -0.2) is 4.98 Å². The summed E-state index contributed by atoms with van der Waals surface area (Å²) in [5.74, 6) is 0.126. The van der Waals surface area contributed by atoms with Gasteiger partial charge >= 0.3 is 0 Å². The number of thiophene rings is 1. The van der Waals surface area contributed by atoms with E-state index in [4.69, 9.17) is 4.98 Å². The Balaban J connectivity index is 1.31. The lowest BCUT2D eigenvalue weighted by atomic mass is 9.71. The molecular formula is C46H31NS. The van der Waals surface area contributed by atoms with Gasteiger partial charge in [-0.1, -0.05) is 127 Å². The van der Waals surface area contributed by atoms with Crippen molar-refractivity contribution in [3.8, 4) is 33.5 Å². The van der Waals surface area contributed by atoms with Crippen LogP contribution in [0.15, 0.2) is 152 Å². The molecule has 7 aromatic carbocycles. The summed E-state index contributed by atoms with van der Waals surface area (Å²) in [6.45, 7) is 2.32. The first-order chi connectivity index (χ1) is 23.7. The largest absolute Gasteiger partial charge is 0.247 e. The zero-order valence-corrected chi connectivity index (χ0v) is 27.4. The highest BCUT2D eigenvalue weighted by molar-refractivity contribution is 7.25. The Bertz CT molecular complexity index is 2720. The summed E-state index contributed by atoms with van der Waals surface area (Å²) in [7, 11) is 0. The number of para-hydroxylation sites is 1. The third-order valence-electron chi connectivity index (χ3n) is 10.5. The zero-order chi connectivity index (χ0) is 31.8. The maximum atomic E-state index is 5.56. The molecule has 0 aliphatic heterocycles. The Hall–Kier alpha value is -5.57. The van der Waals surface area contributed by atoms with Crippen LogP contribution in [0.5, 0.6) is 0 Å². The van der Waals surface area contributed by atoms with Gasteiger partial charge in [0.1, 0.15) is 0 Å². The molecule has 2 heteroatoms. The average Bonchev–Trinajstić information content (AvgIpc) is 3.51. The number of hydrogen-bond donors (Lipinski definition) is 0. The van der Waals surface area contributed by atoms with Gasteiger partial charge in [-0.2, -0.15) is 0 Å². The number of fused-ring (bicyclic) bond motifs is 9. The van der Waals surface area contributed by atoms with Crippen LogP contribution in [0, 0.1) is 6.92 Å². The maximum Gasteiger partial charge on any atom is 0.0756 e. The topological polar surface area (TPSA) is 12.9 Å². The Morgan fingerprint density at radius 1 is 0.521 bits per heavy atom. The standard InChI is InChI=1S/C46H31NS/c1-28-32-16-9-11-21-41(32)47-46(37-20-8-7-17-33(37)29-13-3-2-4-14-29)44(28)40-25-31-26-43-39(35-19-10-12-22-42(35)48-43)27-38(31)36-24-23-30-15-5-6-18-34(30)45(36)40/h2-24,26-27,40H,25H2,1H3/t40-/m1/s1. The van der Waals surface area contributed by atoms with Gasteiger partial charge in [0.2, 0.25) is 0 Å². The molecule has 0 bridgehead atoms. The van der Waals surface area contributed by atoms with E-state index in [1.807, 2.05) is 11.3 Å². The van der Waals surface area contributed by atoms with Gasteiger partial charge in [0.25, 0.3) is 0 Å². The van der Waals surface area contributed by atoms with Crippen LogP contribution in [-0.4, -0.2) is 4.98 Å². The van der Waals surface area contributed by atoms with Crippen LogP contribution in [-0.2, 0) is 6.42 Å². The van der Waals surface area contributed by atoms with Crippen LogP contribution in [0.4, 0.5) is 0 Å². The summed E-state index contributed by atoms with van der Waals surface area (Å²) < 4.78 is 2.71. The molecule has 1 nitrogen and oxygen atoms in total. The molecule has 0 saturated heterocycles. The third-order valence-corrected chi connectivity index (χ3v) is 11.6. The molecule has 1 aliphatic carbocycles. The van der Waals surface area contributed by atoms with Gasteiger partial charge in [0, 0.05) is 37.0 Å². The molecule has 0 fully saturated rings. The second kappa shape index (κ2) is 10.7. The number of pyridine rings is 1. The molecule has 9 aromatic rings. The Kier molecular flexibility index (Phi) is 6.16. The summed E-state index contributed by atoms with van der Waals surface area (Å²) >= 11 is 1.91. The first kappa shape index (κ1) is 27.5. The predicted octanol–water partition coefficient (Wildman–Crippen LogP) is 12.8. The molecular weight excluding hydrogens is 599 g/mol. The summed E-state index contributed by atoms with van der Waals surface area (Å²) in [6.07, 6.45) is 0.919. The predicted molar refractivity (Wildman–Crippen MR) is 205 cm³/mol. The fourth-order valence-corrected chi connectivity index (χ4v) is 9.44. The Morgan fingerprint density at radius 3 is 2.10 bits per heavy atom.